The summed E-state index contributed by atoms with van der Waals surface area (Å²) in [5, 5.41) is 11.4. The number of nitrogens with one attached hydrogen (secondary N) is 3. The number of hydrogen-bond acceptors (Lipinski definition) is 8. The van der Waals surface area contributed by atoms with E-state index in [4.69, 9.17) is 4.74 Å². The largest absolute Gasteiger partial charge is 0.453 e. The molecule has 292 valence electrons. The van der Waals surface area contributed by atoms with Crippen LogP contribution >= 0.6 is 24.0 Å². The Labute approximate surface area is 315 Å². The van der Waals surface area contributed by atoms with E-state index in [1.54, 1.807) is 23.4 Å². The Morgan fingerprint density at radius 3 is 2.12 bits per heavy atom. The molecule has 0 saturated carbocycles. The Kier molecular flexibility index (Phi) is 33.5. The summed E-state index contributed by atoms with van der Waals surface area (Å²) in [4.78, 5) is 44.5. The third kappa shape index (κ3) is 22.3. The van der Waals surface area contributed by atoms with Gasteiger partial charge >= 0.3 is 6.09 Å². The molecule has 2 aromatic heterocycles. The van der Waals surface area contributed by atoms with E-state index >= 15 is 0 Å². The fraction of sp³-hybridized carbons (Fsp3) is 0.737. The van der Waals surface area contributed by atoms with Crippen LogP contribution < -0.4 is 16.0 Å². The molecular formula is C38H74N6O4S2. The summed E-state index contributed by atoms with van der Waals surface area (Å²) in [6, 6.07) is 1.09. The monoisotopic (exact) mass is 743 g/mol. The van der Waals surface area contributed by atoms with Crippen molar-refractivity contribution < 1.29 is 19.1 Å². The number of likely N-dealkylation sites (tertiary alicyclic amines) is 1. The van der Waals surface area contributed by atoms with Crippen LogP contribution in [0.15, 0.2) is 23.8 Å². The number of carbonyl (C=O) groups excluding carboxylic acids is 3. The second kappa shape index (κ2) is 32.3. The predicted molar refractivity (Wildman–Crippen MR) is 219 cm³/mol. The van der Waals surface area contributed by atoms with Gasteiger partial charge in [0, 0.05) is 42.3 Å². The summed E-state index contributed by atoms with van der Waals surface area (Å²) >= 11 is 4.88. The van der Waals surface area contributed by atoms with Gasteiger partial charge in [0.05, 0.1) is 18.4 Å². The topological polar surface area (TPSA) is 118 Å². The first-order valence-corrected chi connectivity index (χ1v) is 20.3. The maximum Gasteiger partial charge on any atom is 0.409 e. The van der Waals surface area contributed by atoms with Crippen LogP contribution in [0.1, 0.15) is 149 Å². The lowest BCUT2D eigenvalue weighted by atomic mass is 9.96. The number of aromatic nitrogens is 2. The van der Waals surface area contributed by atoms with E-state index in [1.807, 2.05) is 37.0 Å². The van der Waals surface area contributed by atoms with Crippen molar-refractivity contribution in [1.82, 2.24) is 25.1 Å². The molecule has 3 heterocycles. The number of carbonyl (C=O) groups is 3. The van der Waals surface area contributed by atoms with Crippen LogP contribution in [0.4, 0.5) is 9.93 Å². The van der Waals surface area contributed by atoms with Gasteiger partial charge in [-0.1, -0.05) is 74.7 Å². The van der Waals surface area contributed by atoms with E-state index in [0.717, 1.165) is 37.9 Å². The minimum Gasteiger partial charge on any atom is -0.453 e. The third-order valence-electron chi connectivity index (χ3n) is 6.55. The minimum atomic E-state index is -0.681. The van der Waals surface area contributed by atoms with Gasteiger partial charge in [-0.15, -0.1) is 11.3 Å². The molecule has 2 unspecified atom stereocenters. The van der Waals surface area contributed by atoms with Crippen molar-refractivity contribution in [2.75, 3.05) is 45.4 Å². The SMILES string of the molecule is CC.CCC.CCC.CCC.CNCCCCC(NC(=O)c1ccn(C(C)(C)C)c1)C(=O)Nc1nc(C2CCCN(C(=O)OC)C2)cs1.CS. The normalized spacial score (nSPS) is 13.7. The molecule has 50 heavy (non-hydrogen) atoms. The molecule has 0 radical (unpaired) electrons. The summed E-state index contributed by atoms with van der Waals surface area (Å²) in [5.41, 5.74) is 1.23. The van der Waals surface area contributed by atoms with Crippen molar-refractivity contribution in [3.63, 3.8) is 0 Å². The van der Waals surface area contributed by atoms with Crippen LogP contribution in [0.25, 0.3) is 0 Å². The minimum absolute atomic E-state index is 0.0960. The number of anilines is 1. The number of nitrogens with zero attached hydrogens (tertiary/aromatic N) is 3. The lowest BCUT2D eigenvalue weighted by molar-refractivity contribution is -0.118. The summed E-state index contributed by atoms with van der Waals surface area (Å²) in [7, 11) is 3.28. The van der Waals surface area contributed by atoms with Gasteiger partial charge in [-0.2, -0.15) is 12.6 Å². The number of amides is 3. The number of thiazole rings is 1. The first kappa shape index (κ1) is 51.8. The number of ether oxygens (including phenoxy) is 1. The van der Waals surface area contributed by atoms with Gasteiger partial charge in [0.15, 0.2) is 5.13 Å². The van der Waals surface area contributed by atoms with Gasteiger partial charge < -0.3 is 30.2 Å². The van der Waals surface area contributed by atoms with Crippen LogP contribution in [0, 0.1) is 0 Å². The number of thiol groups is 1. The lowest BCUT2D eigenvalue weighted by Gasteiger charge is -2.30. The zero-order chi connectivity index (χ0) is 39.1. The van der Waals surface area contributed by atoms with E-state index < -0.39 is 6.04 Å². The quantitative estimate of drug-likeness (QED) is 0.142. The molecule has 1 saturated heterocycles. The molecule has 2 atom stereocenters. The van der Waals surface area contributed by atoms with Crippen molar-refractivity contribution in [3.05, 3.63) is 35.1 Å². The van der Waals surface area contributed by atoms with Crippen LogP contribution in [0.5, 0.6) is 0 Å². The van der Waals surface area contributed by atoms with Crippen LogP contribution in [0.3, 0.4) is 0 Å². The maximum atomic E-state index is 13.2. The number of methoxy groups -OCH3 is 1. The highest BCUT2D eigenvalue weighted by atomic mass is 32.1. The molecule has 3 amide bonds. The molecule has 1 aliphatic rings. The number of unbranched alkanes of at least 4 members (excludes halogenated alkanes) is 1. The van der Waals surface area contributed by atoms with Gasteiger partial charge in [-0.25, -0.2) is 9.78 Å². The summed E-state index contributed by atoms with van der Waals surface area (Å²) in [5.74, 6) is -0.464. The molecule has 0 bridgehead atoms. The third-order valence-corrected chi connectivity index (χ3v) is 7.32. The second-order valence-electron chi connectivity index (χ2n) is 12.5. The molecule has 1 fully saturated rings. The highest BCUT2D eigenvalue weighted by molar-refractivity contribution is 7.79. The van der Waals surface area contributed by atoms with Gasteiger partial charge in [0.1, 0.15) is 6.04 Å². The molecule has 3 N–H and O–H groups in total. The Balaban J connectivity index is -0.00000149. The highest BCUT2D eigenvalue weighted by Gasteiger charge is 2.28. The van der Waals surface area contributed by atoms with Gasteiger partial charge in [0.25, 0.3) is 5.91 Å². The Bertz CT molecular complexity index is 1110. The highest BCUT2D eigenvalue weighted by Crippen LogP contribution is 2.30. The van der Waals surface area contributed by atoms with E-state index in [-0.39, 0.29) is 29.4 Å². The molecule has 3 rings (SSSR count). The number of hydrogen-bond donors (Lipinski definition) is 4. The standard InChI is InChI=1S/C26H40N6O4S.3C3H8.C2H6.CH4S/c1-26(2,3)32-14-11-19(16-32)22(33)28-20(10-6-7-12-27-4)23(34)30-24-29-21(17-37-24)18-9-8-13-31(15-18)25(35)36-5;3*1-3-2;2*1-2/h11,14,16-18,20,27H,6-10,12-13,15H2,1-5H3,(H,28,33)(H,29,30,34);3*3H2,1-2H3;1-2H3;2H,1H3. The van der Waals surface area contributed by atoms with Crippen molar-refractivity contribution in [1.29, 1.82) is 0 Å². The van der Waals surface area contributed by atoms with E-state index in [0.29, 0.717) is 30.2 Å². The van der Waals surface area contributed by atoms with Gasteiger partial charge in [0.2, 0.25) is 5.91 Å². The predicted octanol–water partition coefficient (Wildman–Crippen LogP) is 9.59. The van der Waals surface area contributed by atoms with Crippen LogP contribution in [0.2, 0.25) is 0 Å². The number of piperidine rings is 1. The molecule has 12 heteroatoms. The fourth-order valence-corrected chi connectivity index (χ4v) is 5.14. The zero-order valence-corrected chi connectivity index (χ0v) is 35.8. The molecule has 0 spiro atoms. The molecule has 0 aromatic carbocycles. The lowest BCUT2D eigenvalue weighted by Crippen LogP contribution is -2.43. The molecule has 0 aliphatic carbocycles. The molecule has 2 aromatic rings. The van der Waals surface area contributed by atoms with Crippen molar-refractivity contribution in [3.8, 4) is 0 Å². The van der Waals surface area contributed by atoms with Crippen LogP contribution in [-0.4, -0.2) is 78.4 Å². The summed E-state index contributed by atoms with van der Waals surface area (Å²) in [6.07, 6.45) is 12.8. The average molecular weight is 743 g/mol. The first-order valence-electron chi connectivity index (χ1n) is 18.5. The van der Waals surface area contributed by atoms with Crippen molar-refractivity contribution in [2.45, 2.75) is 145 Å². The second-order valence-corrected chi connectivity index (χ2v) is 13.4. The summed E-state index contributed by atoms with van der Waals surface area (Å²) in [6.45, 7) is 25.0. The Hall–Kier alpha value is -2.57. The van der Waals surface area contributed by atoms with Gasteiger partial charge in [-0.3, -0.25) is 9.59 Å². The molecular weight excluding hydrogens is 669 g/mol. The van der Waals surface area contributed by atoms with Crippen molar-refractivity contribution in [2.24, 2.45) is 0 Å². The average Bonchev–Trinajstić information content (AvgIpc) is 3.80. The van der Waals surface area contributed by atoms with E-state index in [2.05, 4.69) is 95.9 Å². The summed E-state index contributed by atoms with van der Waals surface area (Å²) < 4.78 is 6.84. The van der Waals surface area contributed by atoms with Gasteiger partial charge in [-0.05, 0) is 78.8 Å². The molecule has 1 aliphatic heterocycles. The van der Waals surface area contributed by atoms with Crippen LogP contribution in [-0.2, 0) is 15.1 Å². The Morgan fingerprint density at radius 2 is 1.62 bits per heavy atom. The fourth-order valence-electron chi connectivity index (χ4n) is 4.35. The zero-order valence-electron chi connectivity index (χ0n) is 34.1. The smallest absolute Gasteiger partial charge is 0.409 e. The van der Waals surface area contributed by atoms with E-state index in [9.17, 15) is 14.4 Å². The molecule has 10 nitrogen and oxygen atoms in total. The first-order chi connectivity index (χ1) is 23.9. The van der Waals surface area contributed by atoms with E-state index in [1.165, 1.54) is 37.7 Å². The van der Waals surface area contributed by atoms with Crippen molar-refractivity contribution >= 4 is 47.0 Å². The maximum absolute atomic E-state index is 13.2. The number of rotatable bonds is 10. The Morgan fingerprint density at radius 1 is 1.04 bits per heavy atom.